The fourth-order valence-corrected chi connectivity index (χ4v) is 3.20. The highest BCUT2D eigenvalue weighted by Gasteiger charge is 2.27. The first kappa shape index (κ1) is 19.7. The third-order valence-corrected chi connectivity index (χ3v) is 4.66. The van der Waals surface area contributed by atoms with Crippen molar-refractivity contribution in [2.24, 2.45) is 0 Å². The van der Waals surface area contributed by atoms with Gasteiger partial charge in [-0.25, -0.2) is 4.39 Å². The van der Waals surface area contributed by atoms with E-state index in [0.717, 1.165) is 4.90 Å². The van der Waals surface area contributed by atoms with E-state index in [1.807, 2.05) is 0 Å². The van der Waals surface area contributed by atoms with E-state index >= 15 is 0 Å². The zero-order chi connectivity index (χ0) is 20.4. The van der Waals surface area contributed by atoms with Gasteiger partial charge in [0.05, 0.1) is 5.52 Å². The Morgan fingerprint density at radius 3 is 2.54 bits per heavy atom. The molecule has 28 heavy (non-hydrogen) atoms. The Morgan fingerprint density at radius 1 is 1.18 bits per heavy atom. The molecule has 7 nitrogen and oxygen atoms in total. The van der Waals surface area contributed by atoms with Crippen LogP contribution in [0.3, 0.4) is 0 Å². The van der Waals surface area contributed by atoms with Crippen LogP contribution in [0, 0.1) is 5.82 Å². The number of carboxylic acid groups (broad SMARTS) is 1. The molecule has 0 atom stereocenters. The molecule has 2 N–H and O–H groups in total. The molecule has 0 saturated carbocycles. The van der Waals surface area contributed by atoms with Crippen molar-refractivity contribution >= 4 is 38.8 Å². The topological polar surface area (TPSA) is 104 Å². The van der Waals surface area contributed by atoms with Crippen LogP contribution in [-0.2, 0) is 4.79 Å². The van der Waals surface area contributed by atoms with Gasteiger partial charge >= 0.3 is 5.97 Å². The maximum absolute atomic E-state index is 14.5. The summed E-state index contributed by atoms with van der Waals surface area (Å²) in [5.41, 5.74) is 0.296. The number of likely N-dealkylation sites (N-methyl/N-ethyl adjacent to an activating group) is 1. The highest BCUT2D eigenvalue weighted by Crippen LogP contribution is 2.38. The van der Waals surface area contributed by atoms with Crippen LogP contribution in [0.15, 0.2) is 41.1 Å². The fourth-order valence-electron chi connectivity index (χ4n) is 2.86. The standard InChI is InChI=1S/C19H15BrFN3O4/c1-2-24(9-15(25)26)19(28)16-17-14(22-5-6-23-17)8-12(18(16)27)11-4-3-10(20)7-13(11)21/h3-8,27H,2,9H2,1H3,(H,25,26). The summed E-state index contributed by atoms with van der Waals surface area (Å²) < 4.78 is 15.0. The number of aliphatic carboxylic acids is 1. The first-order valence-corrected chi connectivity index (χ1v) is 9.06. The van der Waals surface area contributed by atoms with Gasteiger partial charge in [0.2, 0.25) is 0 Å². The first-order valence-electron chi connectivity index (χ1n) is 8.26. The Labute approximate surface area is 167 Å². The van der Waals surface area contributed by atoms with E-state index < -0.39 is 30.0 Å². The lowest BCUT2D eigenvalue weighted by molar-refractivity contribution is -0.137. The number of halogens is 2. The predicted octanol–water partition coefficient (Wildman–Crippen LogP) is 3.45. The van der Waals surface area contributed by atoms with E-state index in [4.69, 9.17) is 5.11 Å². The van der Waals surface area contributed by atoms with Crippen LogP contribution >= 0.6 is 15.9 Å². The minimum Gasteiger partial charge on any atom is -0.506 e. The molecule has 0 saturated heterocycles. The molecule has 9 heteroatoms. The number of hydrogen-bond acceptors (Lipinski definition) is 5. The number of phenols is 1. The molecule has 0 fully saturated rings. The van der Waals surface area contributed by atoms with Gasteiger partial charge < -0.3 is 15.1 Å². The van der Waals surface area contributed by atoms with Gasteiger partial charge in [0.1, 0.15) is 29.2 Å². The first-order chi connectivity index (χ1) is 13.3. The number of amides is 1. The number of aromatic hydroxyl groups is 1. The van der Waals surface area contributed by atoms with Crippen LogP contribution in [0.5, 0.6) is 5.75 Å². The van der Waals surface area contributed by atoms with Crippen LogP contribution in [-0.4, -0.2) is 50.0 Å². The lowest BCUT2D eigenvalue weighted by atomic mass is 9.98. The van der Waals surface area contributed by atoms with E-state index in [0.29, 0.717) is 4.47 Å². The van der Waals surface area contributed by atoms with Gasteiger partial charge in [-0.15, -0.1) is 0 Å². The van der Waals surface area contributed by atoms with Crippen molar-refractivity contribution in [3.8, 4) is 16.9 Å². The fraction of sp³-hybridized carbons (Fsp3) is 0.158. The molecule has 1 aromatic heterocycles. The van der Waals surface area contributed by atoms with Crippen molar-refractivity contribution < 1.29 is 24.2 Å². The van der Waals surface area contributed by atoms with Gasteiger partial charge in [-0.3, -0.25) is 19.6 Å². The number of phenolic OH excluding ortho intramolecular Hbond substituents is 1. The van der Waals surface area contributed by atoms with E-state index in [1.54, 1.807) is 13.0 Å². The van der Waals surface area contributed by atoms with Gasteiger partial charge in [0, 0.05) is 34.5 Å². The molecule has 0 spiro atoms. The van der Waals surface area contributed by atoms with Gasteiger partial charge in [-0.05, 0) is 25.1 Å². The number of carboxylic acids is 1. The van der Waals surface area contributed by atoms with E-state index in [2.05, 4.69) is 25.9 Å². The summed E-state index contributed by atoms with van der Waals surface area (Å²) in [4.78, 5) is 33.4. The SMILES string of the molecule is CCN(CC(=O)O)C(=O)c1c(O)c(-c2ccc(Br)cc2F)cc2nccnc12. The number of rotatable bonds is 5. The Morgan fingerprint density at radius 2 is 1.89 bits per heavy atom. The molecular formula is C19H15BrFN3O4. The molecule has 0 bridgehead atoms. The molecule has 3 aromatic rings. The second-order valence-electron chi connectivity index (χ2n) is 5.91. The van der Waals surface area contributed by atoms with Crippen LogP contribution < -0.4 is 0 Å². The Balaban J connectivity index is 2.28. The van der Waals surface area contributed by atoms with Crippen molar-refractivity contribution in [1.29, 1.82) is 0 Å². The normalized spacial score (nSPS) is 10.8. The minimum atomic E-state index is -1.19. The molecule has 0 unspecified atom stereocenters. The average Bonchev–Trinajstić information content (AvgIpc) is 2.65. The lowest BCUT2D eigenvalue weighted by Crippen LogP contribution is -2.35. The average molecular weight is 448 g/mol. The number of aromatic nitrogens is 2. The lowest BCUT2D eigenvalue weighted by Gasteiger charge is -2.21. The molecule has 0 radical (unpaired) electrons. The minimum absolute atomic E-state index is 0.0627. The van der Waals surface area contributed by atoms with Crippen molar-refractivity contribution in [3.05, 3.63) is 52.5 Å². The summed E-state index contributed by atoms with van der Waals surface area (Å²) in [7, 11) is 0. The molecular weight excluding hydrogens is 433 g/mol. The number of fused-ring (bicyclic) bond motifs is 1. The number of hydrogen-bond donors (Lipinski definition) is 2. The Hall–Kier alpha value is -3.07. The number of benzene rings is 2. The number of nitrogens with zero attached hydrogens (tertiary/aromatic N) is 3. The summed E-state index contributed by atoms with van der Waals surface area (Å²) in [6.45, 7) is 1.17. The maximum Gasteiger partial charge on any atom is 0.323 e. The van der Waals surface area contributed by atoms with Crippen molar-refractivity contribution in [1.82, 2.24) is 14.9 Å². The van der Waals surface area contributed by atoms with Crippen molar-refractivity contribution in [2.75, 3.05) is 13.1 Å². The van der Waals surface area contributed by atoms with Crippen molar-refractivity contribution in [3.63, 3.8) is 0 Å². The number of carbonyl (C=O) groups excluding carboxylic acids is 1. The van der Waals surface area contributed by atoms with Crippen LogP contribution in [0.4, 0.5) is 4.39 Å². The molecule has 0 aliphatic carbocycles. The highest BCUT2D eigenvalue weighted by molar-refractivity contribution is 9.10. The summed E-state index contributed by atoms with van der Waals surface area (Å²) >= 11 is 3.17. The van der Waals surface area contributed by atoms with Crippen molar-refractivity contribution in [2.45, 2.75) is 6.92 Å². The van der Waals surface area contributed by atoms with Gasteiger partial charge in [0.25, 0.3) is 5.91 Å². The maximum atomic E-state index is 14.5. The monoisotopic (exact) mass is 447 g/mol. The molecule has 0 aliphatic rings. The summed E-state index contributed by atoms with van der Waals surface area (Å²) in [6, 6.07) is 5.73. The highest BCUT2D eigenvalue weighted by atomic mass is 79.9. The van der Waals surface area contributed by atoms with Crippen LogP contribution in [0.2, 0.25) is 0 Å². The van der Waals surface area contributed by atoms with Gasteiger partial charge in [-0.1, -0.05) is 22.0 Å². The molecule has 144 valence electrons. The second kappa shape index (κ2) is 7.89. The molecule has 1 amide bonds. The summed E-state index contributed by atoms with van der Waals surface area (Å²) in [5, 5.41) is 19.9. The second-order valence-corrected chi connectivity index (χ2v) is 6.82. The zero-order valence-electron chi connectivity index (χ0n) is 14.7. The molecule has 2 aromatic carbocycles. The van der Waals surface area contributed by atoms with E-state index in [1.165, 1.54) is 30.6 Å². The molecule has 0 aliphatic heterocycles. The predicted molar refractivity (Wildman–Crippen MR) is 104 cm³/mol. The summed E-state index contributed by atoms with van der Waals surface area (Å²) in [6.07, 6.45) is 2.76. The Kier molecular flexibility index (Phi) is 5.55. The number of carbonyl (C=O) groups is 2. The van der Waals surface area contributed by atoms with Crippen LogP contribution in [0.1, 0.15) is 17.3 Å². The third kappa shape index (κ3) is 3.65. The molecule has 3 rings (SSSR count). The molecule has 1 heterocycles. The smallest absolute Gasteiger partial charge is 0.323 e. The van der Waals surface area contributed by atoms with Crippen LogP contribution in [0.25, 0.3) is 22.2 Å². The third-order valence-electron chi connectivity index (χ3n) is 4.17. The van der Waals surface area contributed by atoms with E-state index in [9.17, 15) is 19.1 Å². The van der Waals surface area contributed by atoms with E-state index in [-0.39, 0.29) is 34.3 Å². The van der Waals surface area contributed by atoms with Gasteiger partial charge in [0.15, 0.2) is 0 Å². The quantitative estimate of drug-likeness (QED) is 0.620. The summed E-state index contributed by atoms with van der Waals surface area (Å²) in [5.74, 6) is -3.01. The largest absolute Gasteiger partial charge is 0.506 e. The zero-order valence-corrected chi connectivity index (χ0v) is 16.3. The van der Waals surface area contributed by atoms with Gasteiger partial charge in [-0.2, -0.15) is 0 Å². The Bertz CT molecular complexity index is 1090.